The Morgan fingerprint density at radius 2 is 1.57 bits per heavy atom. The van der Waals surface area contributed by atoms with Crippen LogP contribution in [0.1, 0.15) is 0 Å². The molecule has 1 heterocycles. The number of nitrogens with one attached hydrogen (secondary N) is 1. The van der Waals surface area contributed by atoms with Crippen LogP contribution in [-0.2, 0) is 0 Å². The summed E-state index contributed by atoms with van der Waals surface area (Å²) in [5.74, 6) is 0. The minimum atomic E-state index is 1.11. The maximum absolute atomic E-state index is 3.49. The van der Waals surface area contributed by atoms with Gasteiger partial charge in [0.25, 0.3) is 0 Å². The van der Waals surface area contributed by atoms with Gasteiger partial charge in [-0.1, -0.05) is 66.7 Å². The fourth-order valence-corrected chi connectivity index (χ4v) is 2.73. The highest BCUT2D eigenvalue weighted by Gasteiger charge is 2.09. The second kappa shape index (κ2) is 4.95. The molecule has 99 valence electrons. The van der Waals surface area contributed by atoms with Crippen molar-refractivity contribution in [3.05, 3.63) is 84.9 Å². The molecule has 1 N–H and O–H groups in total. The predicted molar refractivity (Wildman–Crippen MR) is 88.0 cm³/mol. The van der Waals surface area contributed by atoms with Crippen LogP contribution in [-0.4, -0.2) is 4.98 Å². The quantitative estimate of drug-likeness (QED) is 0.507. The molecule has 1 radical (unpaired) electrons. The summed E-state index contributed by atoms with van der Waals surface area (Å²) in [4.78, 5) is 3.49. The van der Waals surface area contributed by atoms with Crippen LogP contribution in [0.3, 0.4) is 0 Å². The third-order valence-electron chi connectivity index (χ3n) is 3.74. The normalized spacial score (nSPS) is 10.9. The van der Waals surface area contributed by atoms with Crippen LogP contribution < -0.4 is 0 Å². The molecule has 0 fully saturated rings. The van der Waals surface area contributed by atoms with E-state index < -0.39 is 0 Å². The molecule has 3 aromatic carbocycles. The van der Waals surface area contributed by atoms with Crippen LogP contribution in [0.25, 0.3) is 33.3 Å². The zero-order valence-corrected chi connectivity index (χ0v) is 11.5. The van der Waals surface area contributed by atoms with Gasteiger partial charge in [0.2, 0.25) is 0 Å². The molecule has 0 aliphatic rings. The third kappa shape index (κ3) is 2.13. The first-order chi connectivity index (χ1) is 10.4. The van der Waals surface area contributed by atoms with Gasteiger partial charge in [0, 0.05) is 22.2 Å². The van der Waals surface area contributed by atoms with Crippen LogP contribution in [0.5, 0.6) is 0 Å². The summed E-state index contributed by atoms with van der Waals surface area (Å²) in [6, 6.07) is 30.5. The van der Waals surface area contributed by atoms with Crippen molar-refractivity contribution in [1.82, 2.24) is 4.98 Å². The molecule has 0 saturated carbocycles. The Hall–Kier alpha value is -2.80. The second-order valence-corrected chi connectivity index (χ2v) is 5.10. The summed E-state index contributed by atoms with van der Waals surface area (Å²) in [5, 5.41) is 1.23. The van der Waals surface area contributed by atoms with E-state index in [1.165, 1.54) is 16.5 Å². The standard InChI is InChI=1S/C20H14N/c1-2-8-15(9-3-1)17-11-5-6-12-18(17)20-14-16-10-4-7-13-19(16)21-20/h1-11,13-14,21H. The molecule has 0 aliphatic carbocycles. The summed E-state index contributed by atoms with van der Waals surface area (Å²) >= 11 is 0. The zero-order chi connectivity index (χ0) is 14.1. The van der Waals surface area contributed by atoms with Gasteiger partial charge in [0.1, 0.15) is 0 Å². The minimum absolute atomic E-state index is 1.11. The monoisotopic (exact) mass is 268 g/mol. The van der Waals surface area contributed by atoms with Crippen molar-refractivity contribution < 1.29 is 0 Å². The number of para-hydroxylation sites is 1. The Kier molecular flexibility index (Phi) is 2.82. The minimum Gasteiger partial charge on any atom is -0.354 e. The zero-order valence-electron chi connectivity index (χ0n) is 11.5. The molecule has 0 bridgehead atoms. The van der Waals surface area contributed by atoms with Crippen LogP contribution >= 0.6 is 0 Å². The highest BCUT2D eigenvalue weighted by atomic mass is 14.7. The topological polar surface area (TPSA) is 15.8 Å². The Labute approximate surface area is 123 Å². The van der Waals surface area contributed by atoms with E-state index >= 15 is 0 Å². The van der Waals surface area contributed by atoms with Crippen LogP contribution in [0, 0.1) is 6.07 Å². The lowest BCUT2D eigenvalue weighted by Gasteiger charge is -2.07. The highest BCUT2D eigenvalue weighted by molar-refractivity contribution is 5.90. The summed E-state index contributed by atoms with van der Waals surface area (Å²) in [6.45, 7) is 0. The maximum Gasteiger partial charge on any atom is 0.0477 e. The van der Waals surface area contributed by atoms with Crippen molar-refractivity contribution >= 4 is 10.9 Å². The first-order valence-electron chi connectivity index (χ1n) is 7.06. The fourth-order valence-electron chi connectivity index (χ4n) is 2.73. The number of aromatic amines is 1. The van der Waals surface area contributed by atoms with E-state index in [1.54, 1.807) is 0 Å². The van der Waals surface area contributed by atoms with Gasteiger partial charge < -0.3 is 4.98 Å². The number of rotatable bonds is 2. The predicted octanol–water partition coefficient (Wildman–Crippen LogP) is 5.30. The van der Waals surface area contributed by atoms with Gasteiger partial charge in [-0.2, -0.15) is 0 Å². The van der Waals surface area contributed by atoms with E-state index in [-0.39, 0.29) is 0 Å². The van der Waals surface area contributed by atoms with E-state index in [9.17, 15) is 0 Å². The van der Waals surface area contributed by atoms with Crippen LogP contribution in [0.2, 0.25) is 0 Å². The average Bonchev–Trinajstić information content (AvgIpc) is 2.99. The molecule has 4 rings (SSSR count). The number of hydrogen-bond acceptors (Lipinski definition) is 0. The van der Waals surface area contributed by atoms with Gasteiger partial charge in [-0.15, -0.1) is 0 Å². The van der Waals surface area contributed by atoms with E-state index in [0.717, 1.165) is 16.8 Å². The Morgan fingerprint density at radius 3 is 2.43 bits per heavy atom. The Morgan fingerprint density at radius 1 is 0.762 bits per heavy atom. The molecular weight excluding hydrogens is 254 g/mol. The molecule has 1 aromatic heterocycles. The first-order valence-corrected chi connectivity index (χ1v) is 7.06. The molecule has 0 atom stereocenters. The van der Waals surface area contributed by atoms with E-state index in [0.29, 0.717) is 0 Å². The molecule has 0 saturated heterocycles. The molecule has 1 heteroatoms. The molecule has 21 heavy (non-hydrogen) atoms. The molecule has 0 amide bonds. The smallest absolute Gasteiger partial charge is 0.0477 e. The van der Waals surface area contributed by atoms with Gasteiger partial charge >= 0.3 is 0 Å². The summed E-state index contributed by atoms with van der Waals surface area (Å²) in [7, 11) is 0. The van der Waals surface area contributed by atoms with Crippen LogP contribution in [0.15, 0.2) is 78.9 Å². The summed E-state index contributed by atoms with van der Waals surface area (Å²) in [5.41, 5.74) is 5.78. The average molecular weight is 268 g/mol. The number of aromatic nitrogens is 1. The highest BCUT2D eigenvalue weighted by Crippen LogP contribution is 2.32. The van der Waals surface area contributed by atoms with Crippen molar-refractivity contribution in [2.24, 2.45) is 0 Å². The first kappa shape index (κ1) is 12.0. The molecular formula is C20H14N. The van der Waals surface area contributed by atoms with Gasteiger partial charge in [-0.05, 0) is 29.3 Å². The lowest BCUT2D eigenvalue weighted by molar-refractivity contribution is 1.45. The van der Waals surface area contributed by atoms with Crippen molar-refractivity contribution in [2.45, 2.75) is 0 Å². The number of hydrogen-bond donors (Lipinski definition) is 1. The molecule has 1 nitrogen and oxygen atoms in total. The lowest BCUT2D eigenvalue weighted by Crippen LogP contribution is -1.84. The maximum atomic E-state index is 3.49. The van der Waals surface area contributed by atoms with E-state index in [4.69, 9.17) is 0 Å². The molecule has 4 aromatic rings. The number of fused-ring (bicyclic) bond motifs is 1. The SMILES string of the molecule is [c]1cccc(-c2ccccc2)c1-c1cc2ccccc2[nH]1. The van der Waals surface area contributed by atoms with Gasteiger partial charge in [0.15, 0.2) is 0 Å². The summed E-state index contributed by atoms with van der Waals surface area (Å²) < 4.78 is 0. The number of benzene rings is 3. The van der Waals surface area contributed by atoms with Gasteiger partial charge in [-0.25, -0.2) is 0 Å². The van der Waals surface area contributed by atoms with Crippen molar-refractivity contribution in [3.63, 3.8) is 0 Å². The Bertz CT molecular complexity index is 855. The summed E-state index contributed by atoms with van der Waals surface area (Å²) in [6.07, 6.45) is 0. The molecule has 0 unspecified atom stereocenters. The van der Waals surface area contributed by atoms with Gasteiger partial charge in [-0.3, -0.25) is 0 Å². The molecule has 0 spiro atoms. The van der Waals surface area contributed by atoms with Crippen molar-refractivity contribution in [1.29, 1.82) is 0 Å². The molecule has 0 aliphatic heterocycles. The van der Waals surface area contributed by atoms with E-state index in [2.05, 4.69) is 71.7 Å². The fraction of sp³-hybridized carbons (Fsp3) is 0. The third-order valence-corrected chi connectivity index (χ3v) is 3.74. The second-order valence-electron chi connectivity index (χ2n) is 5.10. The van der Waals surface area contributed by atoms with Crippen molar-refractivity contribution in [3.8, 4) is 22.4 Å². The largest absolute Gasteiger partial charge is 0.354 e. The Balaban J connectivity index is 1.93. The van der Waals surface area contributed by atoms with Crippen molar-refractivity contribution in [2.75, 3.05) is 0 Å². The lowest BCUT2D eigenvalue weighted by atomic mass is 9.98. The van der Waals surface area contributed by atoms with Crippen LogP contribution in [0.4, 0.5) is 0 Å². The van der Waals surface area contributed by atoms with E-state index in [1.807, 2.05) is 18.2 Å². The number of H-pyrrole nitrogens is 1. The van der Waals surface area contributed by atoms with Gasteiger partial charge in [0.05, 0.1) is 0 Å².